The van der Waals surface area contributed by atoms with Gasteiger partial charge in [-0.1, -0.05) is 42.5 Å². The van der Waals surface area contributed by atoms with Crippen LogP contribution in [-0.4, -0.2) is 10.4 Å². The molecule has 0 unspecified atom stereocenters. The van der Waals surface area contributed by atoms with Crippen molar-refractivity contribution in [1.82, 2.24) is 0 Å². The van der Waals surface area contributed by atoms with Crippen molar-refractivity contribution in [3.8, 4) is 0 Å². The van der Waals surface area contributed by atoms with Gasteiger partial charge >= 0.3 is 5.30 Å². The van der Waals surface area contributed by atoms with Gasteiger partial charge in [0, 0.05) is 4.91 Å². The summed E-state index contributed by atoms with van der Waals surface area (Å²) in [5.74, 6) is 0. The second-order valence-electron chi connectivity index (χ2n) is 3.96. The molecule has 0 fully saturated rings. The molecule has 84 valence electrons. The van der Waals surface area contributed by atoms with Crippen molar-refractivity contribution in [1.29, 1.82) is 0 Å². The number of thioether (sulfide) groups is 1. The maximum absolute atomic E-state index is 10.8. The molecule has 1 N–H and O–H groups in total. The zero-order valence-electron chi connectivity index (χ0n) is 9.01. The van der Waals surface area contributed by atoms with Crippen molar-refractivity contribution < 1.29 is 9.90 Å². The molecule has 17 heavy (non-hydrogen) atoms. The summed E-state index contributed by atoms with van der Waals surface area (Å²) in [6.45, 7) is 0. The fourth-order valence-electron chi connectivity index (χ4n) is 2.30. The van der Waals surface area contributed by atoms with E-state index < -0.39 is 5.30 Å². The van der Waals surface area contributed by atoms with Gasteiger partial charge in [0.15, 0.2) is 0 Å². The molecule has 0 aromatic heterocycles. The van der Waals surface area contributed by atoms with Gasteiger partial charge in [-0.2, -0.15) is 0 Å². The van der Waals surface area contributed by atoms with Crippen molar-refractivity contribution in [3.63, 3.8) is 0 Å². The van der Waals surface area contributed by atoms with Gasteiger partial charge in [0.25, 0.3) is 0 Å². The molecule has 0 atom stereocenters. The Hall–Kier alpha value is -1.74. The van der Waals surface area contributed by atoms with Crippen LogP contribution in [0.1, 0.15) is 11.1 Å². The van der Waals surface area contributed by atoms with Crippen LogP contribution in [0.3, 0.4) is 0 Å². The summed E-state index contributed by atoms with van der Waals surface area (Å²) in [4.78, 5) is 11.7. The van der Waals surface area contributed by atoms with E-state index in [-0.39, 0.29) is 0 Å². The fraction of sp³-hybridized carbons (Fsp3) is 0.0714. The van der Waals surface area contributed by atoms with E-state index in [0.717, 1.165) is 28.7 Å². The summed E-state index contributed by atoms with van der Waals surface area (Å²) in [5.41, 5.74) is 2.31. The number of rotatable bonds is 1. The Kier molecular flexibility index (Phi) is 2.41. The van der Waals surface area contributed by atoms with Crippen LogP contribution in [0.4, 0.5) is 4.79 Å². The average Bonchev–Trinajstić information content (AvgIpc) is 2.33. The molecule has 0 heterocycles. The van der Waals surface area contributed by atoms with E-state index in [2.05, 4.69) is 18.2 Å². The normalized spacial score (nSPS) is 13.5. The van der Waals surface area contributed by atoms with Crippen LogP contribution in [0.5, 0.6) is 0 Å². The lowest BCUT2D eigenvalue weighted by atomic mass is 9.93. The Morgan fingerprint density at radius 2 is 1.94 bits per heavy atom. The number of hydrogen-bond acceptors (Lipinski definition) is 2. The summed E-state index contributed by atoms with van der Waals surface area (Å²) >= 11 is 0.890. The number of carbonyl (C=O) groups is 1. The Balaban J connectivity index is 2.24. The summed E-state index contributed by atoms with van der Waals surface area (Å²) in [7, 11) is 0. The van der Waals surface area contributed by atoms with E-state index >= 15 is 0 Å². The van der Waals surface area contributed by atoms with Crippen LogP contribution in [-0.2, 0) is 6.42 Å². The molecule has 2 aromatic carbocycles. The molecule has 1 aliphatic rings. The third-order valence-corrected chi connectivity index (χ3v) is 3.74. The number of benzene rings is 2. The Labute approximate surface area is 103 Å². The van der Waals surface area contributed by atoms with Gasteiger partial charge in [-0.25, -0.2) is 4.79 Å². The smallest absolute Gasteiger partial charge is 0.369 e. The molecule has 2 aromatic rings. The summed E-state index contributed by atoms with van der Waals surface area (Å²) in [5, 5.41) is 10.4. The first-order valence-corrected chi connectivity index (χ1v) is 6.19. The highest BCUT2D eigenvalue weighted by Crippen LogP contribution is 2.38. The van der Waals surface area contributed by atoms with Gasteiger partial charge < -0.3 is 5.11 Å². The first kappa shape index (κ1) is 10.4. The van der Waals surface area contributed by atoms with E-state index in [1.807, 2.05) is 24.3 Å². The third-order valence-electron chi connectivity index (χ3n) is 2.96. The van der Waals surface area contributed by atoms with Crippen LogP contribution < -0.4 is 0 Å². The quantitative estimate of drug-likeness (QED) is 0.816. The van der Waals surface area contributed by atoms with Crippen LogP contribution in [0.2, 0.25) is 0 Å². The molecular weight excluding hydrogens is 232 g/mol. The number of carboxylic acid groups (broad SMARTS) is 1. The van der Waals surface area contributed by atoms with Gasteiger partial charge in [0.2, 0.25) is 0 Å². The van der Waals surface area contributed by atoms with Crippen molar-refractivity contribution in [2.24, 2.45) is 0 Å². The van der Waals surface area contributed by atoms with E-state index in [1.165, 1.54) is 16.3 Å². The molecule has 1 aliphatic carbocycles. The summed E-state index contributed by atoms with van der Waals surface area (Å²) < 4.78 is 0. The molecule has 3 heteroatoms. The number of hydrogen-bond donors (Lipinski definition) is 1. The second-order valence-corrected chi connectivity index (χ2v) is 4.95. The summed E-state index contributed by atoms with van der Waals surface area (Å²) in [6, 6.07) is 12.2. The largest absolute Gasteiger partial charge is 0.473 e. The molecule has 3 rings (SSSR count). The van der Waals surface area contributed by atoms with Crippen LogP contribution in [0.25, 0.3) is 15.7 Å². The maximum atomic E-state index is 10.8. The molecular formula is C14H10O2S. The first-order valence-electron chi connectivity index (χ1n) is 5.37. The van der Waals surface area contributed by atoms with Gasteiger partial charge in [0.05, 0.1) is 0 Å². The molecule has 0 aliphatic heterocycles. The molecule has 0 amide bonds. The Morgan fingerprint density at radius 1 is 1.18 bits per heavy atom. The molecule has 0 saturated heterocycles. The Morgan fingerprint density at radius 3 is 2.71 bits per heavy atom. The molecule has 0 saturated carbocycles. The minimum atomic E-state index is -0.854. The van der Waals surface area contributed by atoms with Gasteiger partial charge in [0.1, 0.15) is 0 Å². The highest BCUT2D eigenvalue weighted by Gasteiger charge is 2.16. The number of allylic oxidation sites excluding steroid dienone is 1. The summed E-state index contributed by atoms with van der Waals surface area (Å²) in [6.07, 6.45) is 2.81. The topological polar surface area (TPSA) is 37.3 Å². The van der Waals surface area contributed by atoms with Crippen molar-refractivity contribution in [2.75, 3.05) is 0 Å². The van der Waals surface area contributed by atoms with Gasteiger partial charge in [-0.3, -0.25) is 0 Å². The molecule has 2 nitrogen and oxygen atoms in total. The second kappa shape index (κ2) is 3.93. The monoisotopic (exact) mass is 242 g/mol. The van der Waals surface area contributed by atoms with Crippen molar-refractivity contribution in [3.05, 3.63) is 53.6 Å². The van der Waals surface area contributed by atoms with Crippen LogP contribution in [0.15, 0.2) is 42.5 Å². The standard InChI is InChI=1S/C14H10O2S/c15-14(16)17-12-8-7-10-4-1-3-9-5-2-6-11(12)13(9)10/h1-6,8H,7H2,(H,15,16). The predicted molar refractivity (Wildman–Crippen MR) is 71.2 cm³/mol. The molecule has 0 radical (unpaired) electrons. The van der Waals surface area contributed by atoms with E-state index in [0.29, 0.717) is 0 Å². The SMILES string of the molecule is O=C(O)SC1=CCc2cccc3cccc1c23. The minimum absolute atomic E-state index is 0.809. The zero-order chi connectivity index (χ0) is 11.8. The highest BCUT2D eigenvalue weighted by atomic mass is 32.2. The molecule has 0 bridgehead atoms. The van der Waals surface area contributed by atoms with Crippen molar-refractivity contribution >= 4 is 32.7 Å². The lowest BCUT2D eigenvalue weighted by Crippen LogP contribution is -1.97. The first-order chi connectivity index (χ1) is 8.25. The van der Waals surface area contributed by atoms with Gasteiger partial charge in [-0.15, -0.1) is 0 Å². The fourth-order valence-corrected chi connectivity index (χ4v) is 2.93. The highest BCUT2D eigenvalue weighted by molar-refractivity contribution is 8.21. The van der Waals surface area contributed by atoms with Crippen molar-refractivity contribution in [2.45, 2.75) is 6.42 Å². The van der Waals surface area contributed by atoms with Crippen LogP contribution >= 0.6 is 11.8 Å². The minimum Gasteiger partial charge on any atom is -0.473 e. The lowest BCUT2D eigenvalue weighted by Gasteiger charge is -2.16. The predicted octanol–water partition coefficient (Wildman–Crippen LogP) is 4.15. The van der Waals surface area contributed by atoms with E-state index in [1.54, 1.807) is 0 Å². The van der Waals surface area contributed by atoms with Gasteiger partial charge in [-0.05, 0) is 40.1 Å². The van der Waals surface area contributed by atoms with E-state index in [4.69, 9.17) is 5.11 Å². The molecule has 0 spiro atoms. The average molecular weight is 242 g/mol. The zero-order valence-corrected chi connectivity index (χ0v) is 9.83. The van der Waals surface area contributed by atoms with E-state index in [9.17, 15) is 4.79 Å². The third kappa shape index (κ3) is 1.72. The maximum Gasteiger partial charge on any atom is 0.369 e. The Bertz CT molecular complexity index is 638. The lowest BCUT2D eigenvalue weighted by molar-refractivity contribution is 0.222. The van der Waals surface area contributed by atoms with Crippen LogP contribution in [0, 0.1) is 0 Å².